The fraction of sp³-hybridized carbons (Fsp3) is 0.647. The topological polar surface area (TPSA) is 23.5 Å². The number of aliphatic hydroxyl groups is 1. The van der Waals surface area contributed by atoms with Gasteiger partial charge in [0, 0.05) is 18.7 Å². The molecule has 1 aliphatic heterocycles. The first-order chi connectivity index (χ1) is 9.43. The first-order valence-electron chi connectivity index (χ1n) is 7.56. The van der Waals surface area contributed by atoms with Crippen molar-refractivity contribution in [3.05, 3.63) is 29.6 Å². The third-order valence-electron chi connectivity index (χ3n) is 4.51. The van der Waals surface area contributed by atoms with Gasteiger partial charge in [-0.2, -0.15) is 0 Å². The van der Waals surface area contributed by atoms with Crippen molar-refractivity contribution in [2.24, 2.45) is 11.3 Å². The average Bonchev–Trinajstić information content (AvgIpc) is 2.63. The van der Waals surface area contributed by atoms with Crippen LogP contribution in [-0.4, -0.2) is 18.2 Å². The lowest BCUT2D eigenvalue weighted by Crippen LogP contribution is -2.27. The van der Waals surface area contributed by atoms with Crippen LogP contribution in [0.2, 0.25) is 0 Å². The second kappa shape index (κ2) is 6.13. The molecule has 1 atom stereocenters. The summed E-state index contributed by atoms with van der Waals surface area (Å²) in [5.74, 6) is 0.461. The van der Waals surface area contributed by atoms with E-state index < -0.39 is 0 Å². The van der Waals surface area contributed by atoms with Crippen LogP contribution in [0.5, 0.6) is 0 Å². The second-order valence-electron chi connectivity index (χ2n) is 6.89. The Bertz CT molecular complexity index is 453. The maximum Gasteiger partial charge on any atom is 0.146 e. The summed E-state index contributed by atoms with van der Waals surface area (Å²) in [4.78, 5) is 2.12. The minimum absolute atomic E-state index is 0.105. The van der Waals surface area contributed by atoms with Crippen LogP contribution in [0.3, 0.4) is 0 Å². The SMILES string of the molecule is CC(C)(C)C1CCCN(c2c(F)cccc2CO)CC1. The highest BCUT2D eigenvalue weighted by atomic mass is 19.1. The molecule has 1 N–H and O–H groups in total. The molecule has 1 saturated heterocycles. The maximum atomic E-state index is 14.1. The number of halogens is 1. The van der Waals surface area contributed by atoms with Gasteiger partial charge in [-0.1, -0.05) is 32.9 Å². The first kappa shape index (κ1) is 15.3. The van der Waals surface area contributed by atoms with E-state index in [0.29, 0.717) is 22.6 Å². The first-order valence-corrected chi connectivity index (χ1v) is 7.56. The van der Waals surface area contributed by atoms with E-state index in [1.165, 1.54) is 12.5 Å². The van der Waals surface area contributed by atoms with Crippen molar-refractivity contribution in [3.63, 3.8) is 0 Å². The van der Waals surface area contributed by atoms with E-state index in [4.69, 9.17) is 0 Å². The Balaban J connectivity index is 2.19. The van der Waals surface area contributed by atoms with Gasteiger partial charge >= 0.3 is 0 Å². The molecule has 0 saturated carbocycles. The lowest BCUT2D eigenvalue weighted by Gasteiger charge is -2.30. The summed E-state index contributed by atoms with van der Waals surface area (Å²) in [6.07, 6.45) is 3.37. The Kier molecular flexibility index (Phi) is 4.69. The minimum Gasteiger partial charge on any atom is -0.392 e. The molecule has 2 rings (SSSR count). The van der Waals surface area contributed by atoms with Crippen LogP contribution in [0.25, 0.3) is 0 Å². The zero-order chi connectivity index (χ0) is 14.8. The molecule has 2 nitrogen and oxygen atoms in total. The number of rotatable bonds is 2. The summed E-state index contributed by atoms with van der Waals surface area (Å²) in [6, 6.07) is 4.96. The van der Waals surface area contributed by atoms with E-state index in [9.17, 15) is 9.50 Å². The fourth-order valence-electron chi connectivity index (χ4n) is 3.23. The predicted molar refractivity (Wildman–Crippen MR) is 81.3 cm³/mol. The van der Waals surface area contributed by atoms with Crippen LogP contribution < -0.4 is 4.90 Å². The summed E-state index contributed by atoms with van der Waals surface area (Å²) in [6.45, 7) is 8.50. The molecule has 1 heterocycles. The number of hydrogen-bond acceptors (Lipinski definition) is 2. The van der Waals surface area contributed by atoms with Crippen molar-refractivity contribution < 1.29 is 9.50 Å². The third kappa shape index (κ3) is 3.32. The Morgan fingerprint density at radius 3 is 2.65 bits per heavy atom. The van der Waals surface area contributed by atoms with Crippen molar-refractivity contribution in [3.8, 4) is 0 Å². The molecule has 0 aliphatic carbocycles. The van der Waals surface area contributed by atoms with Crippen LogP contribution in [0.1, 0.15) is 45.6 Å². The zero-order valence-corrected chi connectivity index (χ0v) is 12.8. The standard InChI is InChI=1S/C17H26FNO/c1-17(2,3)14-7-5-10-19(11-9-14)16-13(12-20)6-4-8-15(16)18/h4,6,8,14,20H,5,7,9-12H2,1-3H3. The molecule has 1 aliphatic rings. The van der Waals surface area contributed by atoms with Crippen LogP contribution in [0.4, 0.5) is 10.1 Å². The summed E-state index contributed by atoms with van der Waals surface area (Å²) < 4.78 is 14.1. The molecule has 0 radical (unpaired) electrons. The molecule has 20 heavy (non-hydrogen) atoms. The number of hydrogen-bond donors (Lipinski definition) is 1. The van der Waals surface area contributed by atoms with Gasteiger partial charge < -0.3 is 10.0 Å². The Hall–Kier alpha value is -1.09. The van der Waals surface area contributed by atoms with E-state index in [1.54, 1.807) is 6.07 Å². The molecule has 0 spiro atoms. The van der Waals surface area contributed by atoms with Gasteiger partial charge in [-0.05, 0) is 36.7 Å². The van der Waals surface area contributed by atoms with E-state index in [1.807, 2.05) is 6.07 Å². The predicted octanol–water partition coefficient (Wildman–Crippen LogP) is 3.97. The van der Waals surface area contributed by atoms with Crippen molar-refractivity contribution >= 4 is 5.69 Å². The van der Waals surface area contributed by atoms with Gasteiger partial charge in [-0.15, -0.1) is 0 Å². The highest BCUT2D eigenvalue weighted by Gasteiger charge is 2.28. The number of aliphatic hydroxyl groups excluding tert-OH is 1. The smallest absolute Gasteiger partial charge is 0.146 e. The van der Waals surface area contributed by atoms with Crippen LogP contribution in [0, 0.1) is 17.2 Å². The van der Waals surface area contributed by atoms with Crippen molar-refractivity contribution in [2.75, 3.05) is 18.0 Å². The molecule has 0 bridgehead atoms. The normalized spacial score (nSPS) is 20.9. The largest absolute Gasteiger partial charge is 0.392 e. The van der Waals surface area contributed by atoms with E-state index in [0.717, 1.165) is 25.9 Å². The number of para-hydroxylation sites is 1. The lowest BCUT2D eigenvalue weighted by atomic mass is 9.77. The van der Waals surface area contributed by atoms with Crippen molar-refractivity contribution in [2.45, 2.75) is 46.6 Å². The molecule has 1 aromatic carbocycles. The summed E-state index contributed by atoms with van der Waals surface area (Å²) in [5, 5.41) is 9.43. The van der Waals surface area contributed by atoms with Gasteiger partial charge in [0.15, 0.2) is 0 Å². The molecule has 1 unspecified atom stereocenters. The fourth-order valence-corrected chi connectivity index (χ4v) is 3.23. The molecular formula is C17H26FNO. The zero-order valence-electron chi connectivity index (χ0n) is 12.8. The van der Waals surface area contributed by atoms with Crippen LogP contribution in [0.15, 0.2) is 18.2 Å². The Morgan fingerprint density at radius 2 is 2.00 bits per heavy atom. The van der Waals surface area contributed by atoms with Gasteiger partial charge in [0.25, 0.3) is 0 Å². The summed E-state index contributed by atoms with van der Waals surface area (Å²) >= 11 is 0. The summed E-state index contributed by atoms with van der Waals surface area (Å²) in [7, 11) is 0. The van der Waals surface area contributed by atoms with Crippen molar-refractivity contribution in [1.82, 2.24) is 0 Å². The van der Waals surface area contributed by atoms with Crippen molar-refractivity contribution in [1.29, 1.82) is 0 Å². The van der Waals surface area contributed by atoms with Gasteiger partial charge in [-0.25, -0.2) is 4.39 Å². The quantitative estimate of drug-likeness (QED) is 0.885. The Morgan fingerprint density at radius 1 is 1.25 bits per heavy atom. The minimum atomic E-state index is -0.217. The molecule has 0 amide bonds. The average molecular weight is 279 g/mol. The Labute approximate surface area is 121 Å². The second-order valence-corrected chi connectivity index (χ2v) is 6.89. The van der Waals surface area contributed by atoms with E-state index in [-0.39, 0.29) is 12.4 Å². The molecule has 3 heteroatoms. The monoisotopic (exact) mass is 279 g/mol. The highest BCUT2D eigenvalue weighted by Crippen LogP contribution is 2.36. The van der Waals surface area contributed by atoms with Gasteiger partial charge in [0.1, 0.15) is 5.82 Å². The highest BCUT2D eigenvalue weighted by molar-refractivity contribution is 5.54. The van der Waals surface area contributed by atoms with Gasteiger partial charge in [0.2, 0.25) is 0 Å². The molecule has 1 aromatic rings. The maximum absolute atomic E-state index is 14.1. The van der Waals surface area contributed by atoms with Gasteiger partial charge in [-0.3, -0.25) is 0 Å². The van der Waals surface area contributed by atoms with E-state index >= 15 is 0 Å². The number of benzene rings is 1. The van der Waals surface area contributed by atoms with Crippen LogP contribution in [-0.2, 0) is 6.61 Å². The number of nitrogens with zero attached hydrogens (tertiary/aromatic N) is 1. The third-order valence-corrected chi connectivity index (χ3v) is 4.51. The van der Waals surface area contributed by atoms with Crippen LogP contribution >= 0.6 is 0 Å². The molecule has 112 valence electrons. The van der Waals surface area contributed by atoms with E-state index in [2.05, 4.69) is 25.7 Å². The lowest BCUT2D eigenvalue weighted by molar-refractivity contribution is 0.220. The molecular weight excluding hydrogens is 253 g/mol. The molecule has 0 aromatic heterocycles. The molecule has 1 fully saturated rings. The number of anilines is 1. The summed E-state index contributed by atoms with van der Waals surface area (Å²) in [5.41, 5.74) is 1.61. The van der Waals surface area contributed by atoms with Gasteiger partial charge in [0.05, 0.1) is 12.3 Å².